The van der Waals surface area contributed by atoms with Gasteiger partial charge in [-0.15, -0.1) is 0 Å². The number of rotatable bonds is 2. The summed E-state index contributed by atoms with van der Waals surface area (Å²) >= 11 is 0. The lowest BCUT2D eigenvalue weighted by molar-refractivity contribution is -0.122. The lowest BCUT2D eigenvalue weighted by Crippen LogP contribution is -2.45. The van der Waals surface area contributed by atoms with Crippen LogP contribution in [0, 0.1) is 0 Å². The molecule has 0 radical (unpaired) electrons. The maximum absolute atomic E-state index is 11.7. The van der Waals surface area contributed by atoms with Crippen LogP contribution >= 0.6 is 0 Å². The maximum atomic E-state index is 11.7. The van der Waals surface area contributed by atoms with E-state index in [1.807, 2.05) is 0 Å². The maximum Gasteiger partial charge on any atom is 0.253 e. The molecule has 16 heavy (non-hydrogen) atoms. The number of amides is 2. The molecule has 0 spiro atoms. The third-order valence-electron chi connectivity index (χ3n) is 2.51. The van der Waals surface area contributed by atoms with E-state index in [-0.39, 0.29) is 17.9 Å². The molecule has 5 heteroatoms. The van der Waals surface area contributed by atoms with Gasteiger partial charge in [-0.3, -0.25) is 14.6 Å². The van der Waals surface area contributed by atoms with Gasteiger partial charge in [0.05, 0.1) is 5.56 Å². The molecule has 1 saturated heterocycles. The van der Waals surface area contributed by atoms with Crippen LogP contribution in [0.3, 0.4) is 0 Å². The van der Waals surface area contributed by atoms with Gasteiger partial charge in [-0.05, 0) is 18.6 Å². The smallest absolute Gasteiger partial charge is 0.253 e. The van der Waals surface area contributed by atoms with Crippen LogP contribution in [-0.4, -0.2) is 29.4 Å². The highest BCUT2D eigenvalue weighted by Gasteiger charge is 2.20. The summed E-state index contributed by atoms with van der Waals surface area (Å²) < 4.78 is 0. The lowest BCUT2D eigenvalue weighted by atomic mass is 10.1. The average Bonchev–Trinajstić information content (AvgIpc) is 2.30. The van der Waals surface area contributed by atoms with E-state index in [0.29, 0.717) is 18.5 Å². The molecule has 84 valence electrons. The van der Waals surface area contributed by atoms with Gasteiger partial charge < -0.3 is 10.6 Å². The van der Waals surface area contributed by atoms with Crippen molar-refractivity contribution in [2.75, 3.05) is 6.54 Å². The van der Waals surface area contributed by atoms with Crippen LogP contribution in [0.1, 0.15) is 23.2 Å². The van der Waals surface area contributed by atoms with Gasteiger partial charge in [0.25, 0.3) is 5.91 Å². The van der Waals surface area contributed by atoms with Crippen molar-refractivity contribution in [1.82, 2.24) is 15.6 Å². The Hall–Kier alpha value is -1.91. The SMILES string of the molecule is O=C1CC(NC(=O)c2cccnc2)CCN1. The highest BCUT2D eigenvalue weighted by Crippen LogP contribution is 2.05. The first-order valence-corrected chi connectivity index (χ1v) is 5.23. The van der Waals surface area contributed by atoms with E-state index in [2.05, 4.69) is 15.6 Å². The molecule has 2 heterocycles. The highest BCUT2D eigenvalue weighted by molar-refractivity contribution is 5.94. The van der Waals surface area contributed by atoms with Gasteiger partial charge in [-0.1, -0.05) is 0 Å². The zero-order valence-corrected chi connectivity index (χ0v) is 8.77. The molecule has 2 N–H and O–H groups in total. The van der Waals surface area contributed by atoms with E-state index < -0.39 is 0 Å². The van der Waals surface area contributed by atoms with Gasteiger partial charge in [0.15, 0.2) is 0 Å². The molecule has 1 fully saturated rings. The lowest BCUT2D eigenvalue weighted by Gasteiger charge is -2.22. The highest BCUT2D eigenvalue weighted by atomic mass is 16.2. The van der Waals surface area contributed by atoms with Crippen LogP contribution in [0.5, 0.6) is 0 Å². The van der Waals surface area contributed by atoms with E-state index in [9.17, 15) is 9.59 Å². The second-order valence-electron chi connectivity index (χ2n) is 3.75. The monoisotopic (exact) mass is 219 g/mol. The number of nitrogens with zero attached hydrogens (tertiary/aromatic N) is 1. The number of hydrogen-bond acceptors (Lipinski definition) is 3. The standard InChI is InChI=1S/C11H13N3O2/c15-10-6-9(3-5-13-10)14-11(16)8-2-1-4-12-7-8/h1-2,4,7,9H,3,5-6H2,(H,13,15)(H,14,16). The molecular weight excluding hydrogens is 206 g/mol. The Balaban J connectivity index is 1.95. The van der Waals surface area contributed by atoms with E-state index in [1.165, 1.54) is 6.20 Å². The van der Waals surface area contributed by atoms with E-state index in [1.54, 1.807) is 18.3 Å². The van der Waals surface area contributed by atoms with Crippen LogP contribution in [0.4, 0.5) is 0 Å². The number of carbonyl (C=O) groups excluding carboxylic acids is 2. The Bertz CT molecular complexity index is 391. The van der Waals surface area contributed by atoms with Gasteiger partial charge in [-0.2, -0.15) is 0 Å². The predicted octanol–water partition coefficient (Wildman–Crippen LogP) is 0.0900. The second kappa shape index (κ2) is 4.74. The fraction of sp³-hybridized carbons (Fsp3) is 0.364. The fourth-order valence-electron chi connectivity index (χ4n) is 1.67. The Morgan fingerprint density at radius 3 is 3.12 bits per heavy atom. The summed E-state index contributed by atoms with van der Waals surface area (Å²) in [6, 6.07) is 3.34. The topological polar surface area (TPSA) is 71.1 Å². The molecule has 1 aromatic rings. The molecule has 1 aromatic heterocycles. The van der Waals surface area contributed by atoms with Crippen LogP contribution < -0.4 is 10.6 Å². The fourth-order valence-corrected chi connectivity index (χ4v) is 1.67. The Morgan fingerprint density at radius 2 is 2.44 bits per heavy atom. The van der Waals surface area contributed by atoms with Crippen molar-refractivity contribution in [3.63, 3.8) is 0 Å². The summed E-state index contributed by atoms with van der Waals surface area (Å²) in [6.45, 7) is 0.622. The molecule has 0 aromatic carbocycles. The van der Waals surface area contributed by atoms with Crippen LogP contribution in [0.15, 0.2) is 24.5 Å². The van der Waals surface area contributed by atoms with Gasteiger partial charge >= 0.3 is 0 Å². The molecule has 1 aliphatic rings. The number of hydrogen-bond donors (Lipinski definition) is 2. The van der Waals surface area contributed by atoms with Crippen LogP contribution in [0.25, 0.3) is 0 Å². The Labute approximate surface area is 93.3 Å². The second-order valence-corrected chi connectivity index (χ2v) is 3.75. The van der Waals surface area contributed by atoms with Crippen molar-refractivity contribution in [1.29, 1.82) is 0 Å². The van der Waals surface area contributed by atoms with Crippen molar-refractivity contribution in [2.24, 2.45) is 0 Å². The first-order valence-electron chi connectivity index (χ1n) is 5.23. The van der Waals surface area contributed by atoms with E-state index in [0.717, 1.165) is 6.42 Å². The summed E-state index contributed by atoms with van der Waals surface area (Å²) in [4.78, 5) is 26.7. The summed E-state index contributed by atoms with van der Waals surface area (Å²) in [7, 11) is 0. The number of nitrogens with one attached hydrogen (secondary N) is 2. The van der Waals surface area contributed by atoms with Crippen molar-refractivity contribution >= 4 is 11.8 Å². The zero-order chi connectivity index (χ0) is 11.4. The van der Waals surface area contributed by atoms with Gasteiger partial charge in [0.1, 0.15) is 0 Å². The molecule has 2 rings (SSSR count). The predicted molar refractivity (Wildman–Crippen MR) is 57.7 cm³/mol. The van der Waals surface area contributed by atoms with Crippen molar-refractivity contribution in [2.45, 2.75) is 18.9 Å². The number of aromatic nitrogens is 1. The minimum atomic E-state index is -0.173. The molecule has 0 aliphatic carbocycles. The average molecular weight is 219 g/mol. The largest absolute Gasteiger partial charge is 0.356 e. The Kier molecular flexibility index (Phi) is 3.14. The van der Waals surface area contributed by atoms with Crippen LogP contribution in [0.2, 0.25) is 0 Å². The first-order chi connectivity index (χ1) is 7.75. The molecular formula is C11H13N3O2. The number of carbonyl (C=O) groups is 2. The van der Waals surface area contributed by atoms with E-state index in [4.69, 9.17) is 0 Å². The summed E-state index contributed by atoms with van der Waals surface area (Å²) in [5.74, 6) is -0.185. The third-order valence-corrected chi connectivity index (χ3v) is 2.51. The minimum absolute atomic E-state index is 0.0114. The third kappa shape index (κ3) is 2.56. The molecule has 1 aliphatic heterocycles. The molecule has 0 saturated carbocycles. The van der Waals surface area contributed by atoms with Crippen molar-refractivity contribution in [3.8, 4) is 0 Å². The van der Waals surface area contributed by atoms with Gasteiger partial charge in [0.2, 0.25) is 5.91 Å². The van der Waals surface area contributed by atoms with Crippen molar-refractivity contribution in [3.05, 3.63) is 30.1 Å². The van der Waals surface area contributed by atoms with Crippen LogP contribution in [-0.2, 0) is 4.79 Å². The zero-order valence-electron chi connectivity index (χ0n) is 8.77. The molecule has 1 atom stereocenters. The Morgan fingerprint density at radius 1 is 1.56 bits per heavy atom. The molecule has 1 unspecified atom stereocenters. The van der Waals surface area contributed by atoms with Crippen molar-refractivity contribution < 1.29 is 9.59 Å². The number of piperidine rings is 1. The summed E-state index contributed by atoms with van der Waals surface area (Å²) in [5, 5.41) is 5.55. The minimum Gasteiger partial charge on any atom is -0.356 e. The normalized spacial score (nSPS) is 20.0. The molecule has 5 nitrogen and oxygen atoms in total. The van der Waals surface area contributed by atoms with E-state index >= 15 is 0 Å². The summed E-state index contributed by atoms with van der Waals surface area (Å²) in [5.41, 5.74) is 0.522. The van der Waals surface area contributed by atoms with Gasteiger partial charge in [-0.25, -0.2) is 0 Å². The first kappa shape index (κ1) is 10.6. The van der Waals surface area contributed by atoms with Gasteiger partial charge in [0, 0.05) is 31.4 Å². The quantitative estimate of drug-likeness (QED) is 0.740. The summed E-state index contributed by atoms with van der Waals surface area (Å²) in [6.07, 6.45) is 4.26. The molecule has 0 bridgehead atoms. The number of pyridine rings is 1. The molecule has 2 amide bonds.